The first-order chi connectivity index (χ1) is 7.88. The van der Waals surface area contributed by atoms with Crippen LogP contribution in [-0.2, 0) is 4.74 Å². The molecule has 2 heteroatoms. The molecule has 1 N–H and O–H groups in total. The maximum absolute atomic E-state index is 5.59. The van der Waals surface area contributed by atoms with Crippen molar-refractivity contribution in [2.75, 3.05) is 19.8 Å². The van der Waals surface area contributed by atoms with Gasteiger partial charge in [0.1, 0.15) is 0 Å². The van der Waals surface area contributed by atoms with Crippen LogP contribution in [-0.4, -0.2) is 25.8 Å². The van der Waals surface area contributed by atoms with E-state index in [9.17, 15) is 0 Å². The third kappa shape index (κ3) is 5.13. The first-order valence-corrected chi connectivity index (χ1v) is 6.80. The van der Waals surface area contributed by atoms with Gasteiger partial charge in [0.05, 0.1) is 6.61 Å². The van der Waals surface area contributed by atoms with Gasteiger partial charge in [-0.2, -0.15) is 0 Å². The molecule has 2 nitrogen and oxygen atoms in total. The number of nitrogens with one attached hydrogen (secondary N) is 1. The number of hydrogen-bond donors (Lipinski definition) is 1. The van der Waals surface area contributed by atoms with E-state index in [1.807, 2.05) is 6.08 Å². The van der Waals surface area contributed by atoms with Crippen LogP contribution < -0.4 is 5.32 Å². The fraction of sp³-hybridized carbons (Fsp3) is 0.857. The van der Waals surface area contributed by atoms with Crippen LogP contribution in [0.3, 0.4) is 0 Å². The lowest BCUT2D eigenvalue weighted by atomic mass is 9.90. The predicted molar refractivity (Wildman–Crippen MR) is 69.7 cm³/mol. The molecule has 16 heavy (non-hydrogen) atoms. The zero-order valence-electron chi connectivity index (χ0n) is 10.7. The van der Waals surface area contributed by atoms with Crippen LogP contribution in [0.25, 0.3) is 0 Å². The summed E-state index contributed by atoms with van der Waals surface area (Å²) in [6, 6.07) is 0.653. The molecule has 0 saturated carbocycles. The molecule has 0 aromatic carbocycles. The highest BCUT2D eigenvalue weighted by Gasteiger charge is 2.22. The highest BCUT2D eigenvalue weighted by Crippen LogP contribution is 2.21. The Morgan fingerprint density at radius 3 is 3.06 bits per heavy atom. The Labute approximate surface area is 100 Å². The highest BCUT2D eigenvalue weighted by molar-refractivity contribution is 4.79. The number of rotatable bonds is 8. The average Bonchev–Trinajstić information content (AvgIpc) is 2.35. The lowest BCUT2D eigenvalue weighted by Gasteiger charge is -2.31. The van der Waals surface area contributed by atoms with Gasteiger partial charge in [-0.15, -0.1) is 6.58 Å². The number of ether oxygens (including phenoxy) is 1. The summed E-state index contributed by atoms with van der Waals surface area (Å²) in [6.45, 7) is 9.06. The Morgan fingerprint density at radius 1 is 1.56 bits per heavy atom. The third-order valence-electron chi connectivity index (χ3n) is 3.34. The lowest BCUT2D eigenvalue weighted by Crippen LogP contribution is -2.40. The summed E-state index contributed by atoms with van der Waals surface area (Å²) in [5, 5.41) is 3.68. The van der Waals surface area contributed by atoms with Crippen molar-refractivity contribution in [3.63, 3.8) is 0 Å². The van der Waals surface area contributed by atoms with Crippen molar-refractivity contribution in [1.82, 2.24) is 5.32 Å². The van der Waals surface area contributed by atoms with E-state index in [2.05, 4.69) is 18.8 Å². The molecule has 1 rings (SSSR count). The monoisotopic (exact) mass is 225 g/mol. The van der Waals surface area contributed by atoms with Gasteiger partial charge in [0, 0.05) is 12.6 Å². The van der Waals surface area contributed by atoms with Crippen molar-refractivity contribution in [3.05, 3.63) is 12.7 Å². The summed E-state index contributed by atoms with van der Waals surface area (Å²) < 4.78 is 5.59. The summed E-state index contributed by atoms with van der Waals surface area (Å²) >= 11 is 0. The average molecular weight is 225 g/mol. The highest BCUT2D eigenvalue weighted by atomic mass is 16.5. The van der Waals surface area contributed by atoms with E-state index in [0.29, 0.717) is 6.04 Å². The van der Waals surface area contributed by atoms with Gasteiger partial charge < -0.3 is 10.1 Å². The molecule has 1 fully saturated rings. The van der Waals surface area contributed by atoms with E-state index < -0.39 is 0 Å². The molecule has 2 unspecified atom stereocenters. The second-order valence-corrected chi connectivity index (χ2v) is 4.76. The Kier molecular flexibility index (Phi) is 7.52. The molecular weight excluding hydrogens is 198 g/mol. The minimum absolute atomic E-state index is 0.653. The minimum Gasteiger partial charge on any atom is -0.381 e. The zero-order valence-corrected chi connectivity index (χ0v) is 10.7. The second-order valence-electron chi connectivity index (χ2n) is 4.76. The fourth-order valence-electron chi connectivity index (χ4n) is 2.40. The van der Waals surface area contributed by atoms with Gasteiger partial charge in [0.15, 0.2) is 0 Å². The Morgan fingerprint density at radius 2 is 2.44 bits per heavy atom. The standard InChI is InChI=1S/C14H27NO/c1-3-5-6-9-14(15-10-4-2)13-8-7-11-16-12-13/h3,13-15H,1,4-12H2,2H3. The van der Waals surface area contributed by atoms with Crippen molar-refractivity contribution >= 4 is 0 Å². The molecule has 1 aliphatic rings. The summed E-state index contributed by atoms with van der Waals surface area (Å²) in [4.78, 5) is 0. The van der Waals surface area contributed by atoms with Gasteiger partial charge >= 0.3 is 0 Å². The van der Waals surface area contributed by atoms with Crippen molar-refractivity contribution < 1.29 is 4.74 Å². The van der Waals surface area contributed by atoms with E-state index in [4.69, 9.17) is 4.74 Å². The smallest absolute Gasteiger partial charge is 0.0509 e. The summed E-state index contributed by atoms with van der Waals surface area (Å²) in [7, 11) is 0. The van der Waals surface area contributed by atoms with E-state index in [-0.39, 0.29) is 0 Å². The van der Waals surface area contributed by atoms with Crippen LogP contribution in [0.5, 0.6) is 0 Å². The minimum atomic E-state index is 0.653. The molecule has 2 atom stereocenters. The SMILES string of the molecule is C=CCCCC(NCCC)C1CCCOC1. The molecule has 0 aliphatic carbocycles. The number of unbranched alkanes of at least 4 members (excludes halogenated alkanes) is 1. The Bertz CT molecular complexity index is 176. The van der Waals surface area contributed by atoms with Gasteiger partial charge in [-0.25, -0.2) is 0 Å². The van der Waals surface area contributed by atoms with Crippen LogP contribution in [0.4, 0.5) is 0 Å². The van der Waals surface area contributed by atoms with Crippen molar-refractivity contribution in [3.8, 4) is 0 Å². The van der Waals surface area contributed by atoms with Crippen LogP contribution in [0.2, 0.25) is 0 Å². The van der Waals surface area contributed by atoms with Crippen LogP contribution in [0.15, 0.2) is 12.7 Å². The first kappa shape index (κ1) is 13.7. The number of hydrogen-bond acceptors (Lipinski definition) is 2. The normalized spacial score (nSPS) is 22.9. The summed E-state index contributed by atoms with van der Waals surface area (Å²) in [6.07, 6.45) is 9.45. The van der Waals surface area contributed by atoms with Crippen molar-refractivity contribution in [2.24, 2.45) is 5.92 Å². The maximum Gasteiger partial charge on any atom is 0.0509 e. The van der Waals surface area contributed by atoms with Crippen LogP contribution in [0, 0.1) is 5.92 Å². The number of allylic oxidation sites excluding steroid dienone is 1. The van der Waals surface area contributed by atoms with Gasteiger partial charge in [-0.05, 0) is 51.0 Å². The predicted octanol–water partition coefficient (Wildman–Crippen LogP) is 3.14. The quantitative estimate of drug-likeness (QED) is 0.506. The second kappa shape index (κ2) is 8.77. The molecule has 1 heterocycles. The van der Waals surface area contributed by atoms with E-state index in [1.165, 1.54) is 32.1 Å². The van der Waals surface area contributed by atoms with Gasteiger partial charge in [0.25, 0.3) is 0 Å². The zero-order chi connectivity index (χ0) is 11.6. The van der Waals surface area contributed by atoms with Crippen LogP contribution >= 0.6 is 0 Å². The van der Waals surface area contributed by atoms with Crippen molar-refractivity contribution in [2.45, 2.75) is 51.5 Å². The van der Waals surface area contributed by atoms with Gasteiger partial charge in [0.2, 0.25) is 0 Å². The molecule has 94 valence electrons. The Balaban J connectivity index is 2.31. The topological polar surface area (TPSA) is 21.3 Å². The lowest BCUT2D eigenvalue weighted by molar-refractivity contribution is 0.0377. The molecule has 0 aromatic rings. The maximum atomic E-state index is 5.59. The van der Waals surface area contributed by atoms with Crippen molar-refractivity contribution in [1.29, 1.82) is 0 Å². The van der Waals surface area contributed by atoms with E-state index in [0.717, 1.165) is 32.1 Å². The molecule has 0 bridgehead atoms. The molecule has 0 amide bonds. The first-order valence-electron chi connectivity index (χ1n) is 6.80. The molecule has 0 radical (unpaired) electrons. The molecular formula is C14H27NO. The van der Waals surface area contributed by atoms with Crippen LogP contribution in [0.1, 0.15) is 45.4 Å². The largest absolute Gasteiger partial charge is 0.381 e. The Hall–Kier alpha value is -0.340. The summed E-state index contributed by atoms with van der Waals surface area (Å²) in [5.74, 6) is 0.727. The molecule has 0 spiro atoms. The van der Waals surface area contributed by atoms with Gasteiger partial charge in [-0.3, -0.25) is 0 Å². The fourth-order valence-corrected chi connectivity index (χ4v) is 2.40. The van der Waals surface area contributed by atoms with Gasteiger partial charge in [-0.1, -0.05) is 13.0 Å². The molecule has 0 aromatic heterocycles. The third-order valence-corrected chi connectivity index (χ3v) is 3.34. The molecule has 1 saturated heterocycles. The molecule has 1 aliphatic heterocycles. The van der Waals surface area contributed by atoms with E-state index in [1.54, 1.807) is 0 Å². The summed E-state index contributed by atoms with van der Waals surface area (Å²) in [5.41, 5.74) is 0. The van der Waals surface area contributed by atoms with E-state index >= 15 is 0 Å².